The molecule has 5 fully saturated rings. The number of fused-ring (bicyclic) bond motifs is 3. The average molecular weight is 1500 g/mol. The number of ether oxygens (including phenoxy) is 2. The molecule has 4 heterocycles. The van der Waals surface area contributed by atoms with Gasteiger partial charge in [-0.15, -0.1) is 0 Å². The molecule has 8 rings (SSSR count). The smallest absolute Gasteiger partial charge is 0.419 e. The molecule has 107 heavy (non-hydrogen) atoms. The zero-order valence-corrected chi connectivity index (χ0v) is 64.8. The predicted octanol–water partition coefficient (Wildman–Crippen LogP) is 5.39. The van der Waals surface area contributed by atoms with Gasteiger partial charge < -0.3 is 69.1 Å². The number of carbonyl (C=O) groups is 12. The van der Waals surface area contributed by atoms with Crippen LogP contribution < -0.4 is 15.4 Å². The lowest BCUT2D eigenvalue weighted by molar-refractivity contribution is -0.166. The van der Waals surface area contributed by atoms with E-state index in [9.17, 15) is 37.1 Å². The van der Waals surface area contributed by atoms with E-state index in [1.807, 2.05) is 51.1 Å². The molecule has 0 unspecified atom stereocenters. The first-order chi connectivity index (χ1) is 50.7. The summed E-state index contributed by atoms with van der Waals surface area (Å²) in [6.45, 7) is 8.52. The lowest BCUT2D eigenvalue weighted by Crippen LogP contribution is -2.68. The van der Waals surface area contributed by atoms with Crippen molar-refractivity contribution in [2.24, 2.45) is 11.8 Å². The number of nitrogens with zero attached hydrogens (tertiary/aromatic N) is 10. The van der Waals surface area contributed by atoms with Gasteiger partial charge in [-0.3, -0.25) is 57.5 Å². The van der Waals surface area contributed by atoms with E-state index in [0.717, 1.165) is 41.4 Å². The van der Waals surface area contributed by atoms with Crippen molar-refractivity contribution in [3.63, 3.8) is 0 Å². The first kappa shape index (κ1) is 84.0. The number of methoxy groups -OCH3 is 1. The number of carbonyl (C=O) groups excluding carboxylic acids is 12. The van der Waals surface area contributed by atoms with E-state index in [4.69, 9.17) is 9.47 Å². The lowest BCUT2D eigenvalue weighted by atomic mass is 9.73. The van der Waals surface area contributed by atoms with Gasteiger partial charge in [0.1, 0.15) is 59.6 Å². The number of aryl methyl sites for hydroxylation is 2. The summed E-state index contributed by atoms with van der Waals surface area (Å²) in [5.41, 5.74) is -0.740. The van der Waals surface area contributed by atoms with Crippen molar-refractivity contribution in [2.45, 2.75) is 223 Å². The monoisotopic (exact) mass is 1500 g/mol. The maximum atomic E-state index is 15.8. The molecule has 6 aliphatic rings. The van der Waals surface area contributed by atoms with Crippen molar-refractivity contribution in [3.8, 4) is 5.75 Å². The molecule has 2 aromatic carbocycles. The summed E-state index contributed by atoms with van der Waals surface area (Å²) in [5.74, 6) is -9.32. The van der Waals surface area contributed by atoms with E-state index in [0.29, 0.717) is 75.6 Å². The van der Waals surface area contributed by atoms with Gasteiger partial charge in [0.05, 0.1) is 38.3 Å². The number of rotatable bonds is 14. The molecular formula is C78H113F3N12O14. The van der Waals surface area contributed by atoms with Gasteiger partial charge in [-0.2, -0.15) is 13.2 Å². The second-order valence-corrected chi connectivity index (χ2v) is 30.2. The highest BCUT2D eigenvalue weighted by atomic mass is 19.4. The van der Waals surface area contributed by atoms with Gasteiger partial charge >= 0.3 is 6.18 Å². The minimum atomic E-state index is -4.78. The molecule has 2 aliphatic carbocycles. The number of halogens is 3. The van der Waals surface area contributed by atoms with Crippen molar-refractivity contribution >= 4 is 70.9 Å². The third-order valence-electron chi connectivity index (χ3n) is 23.1. The Bertz CT molecular complexity index is 3580. The van der Waals surface area contributed by atoms with Crippen LogP contribution in [-0.2, 0) is 81.3 Å². The molecule has 12 amide bonds. The molecule has 29 heteroatoms. The van der Waals surface area contributed by atoms with Crippen molar-refractivity contribution < 1.29 is 80.2 Å². The fourth-order valence-corrected chi connectivity index (χ4v) is 16.1. The molecule has 2 N–H and O–H groups in total. The van der Waals surface area contributed by atoms with Crippen molar-refractivity contribution in [1.82, 2.24) is 59.6 Å². The number of likely N-dealkylation sites (tertiary alicyclic amines) is 1. The van der Waals surface area contributed by atoms with Gasteiger partial charge in [0, 0.05) is 95.0 Å². The van der Waals surface area contributed by atoms with Gasteiger partial charge in [0.25, 0.3) is 0 Å². The number of hydrogen-bond acceptors (Lipinski definition) is 14. The summed E-state index contributed by atoms with van der Waals surface area (Å²) >= 11 is 0. The Hall–Kier alpha value is -8.63. The molecule has 0 radical (unpaired) electrons. The van der Waals surface area contributed by atoms with Crippen LogP contribution in [0.5, 0.6) is 5.75 Å². The number of nitrogens with one attached hydrogen (secondary N) is 2. The van der Waals surface area contributed by atoms with Crippen LogP contribution >= 0.6 is 0 Å². The quantitative estimate of drug-likeness (QED) is 0.225. The molecule has 2 saturated carbocycles. The van der Waals surface area contributed by atoms with Crippen LogP contribution in [0.1, 0.15) is 159 Å². The second-order valence-electron chi connectivity index (χ2n) is 30.2. The Morgan fingerprint density at radius 1 is 0.664 bits per heavy atom. The van der Waals surface area contributed by atoms with Crippen LogP contribution in [0.25, 0.3) is 0 Å². The maximum absolute atomic E-state index is 15.8. The van der Waals surface area contributed by atoms with Gasteiger partial charge in [-0.1, -0.05) is 94.5 Å². The molecule has 4 aliphatic heterocycles. The number of benzene rings is 2. The van der Waals surface area contributed by atoms with E-state index in [-0.39, 0.29) is 71.1 Å². The van der Waals surface area contributed by atoms with Crippen molar-refractivity contribution in [3.05, 3.63) is 76.9 Å². The van der Waals surface area contributed by atoms with Crippen LogP contribution in [0.15, 0.2) is 54.6 Å². The second kappa shape index (κ2) is 37.0. The standard InChI is InChI=1S/C78H113F3N12O14/c1-14-25-57-68(97)83-66(50(5)15-2)74(103)85(7)48-65(96)87(9)58-28-18-17-21-41-92(73(58)102)60(42-51-31-29-49(4)30-32-51)70(99)84(6)47-63(94)82-56(36-34-52-33-35-55(78(79,80)81)62(43-52)106-13)69(98)93-46-54(107-16-3)44-61(93)71(100)90(12)77(37-24-38-77)76(105)89(11)67(53-26-19-20-27-53)75(104)88(10)59(45-64(95)86(57)8)72(101)91-39-22-23-40-91/h17-18,29-33,35,43,50,53-54,56-61,66-67H,14-16,19-28,34,36-42,44-48H2,1-13H3,(H,82,94)(H,83,97)/b18-17-/t50-,54+,56-,57-,58-,59-,60-,61-,66-,67-/m0/s1. The van der Waals surface area contributed by atoms with Crippen molar-refractivity contribution in [2.75, 3.05) is 102 Å². The Balaban J connectivity index is 1.22. The van der Waals surface area contributed by atoms with E-state index in [1.165, 1.54) is 95.8 Å². The van der Waals surface area contributed by atoms with Crippen LogP contribution in [-0.4, -0.2) is 282 Å². The fourth-order valence-electron chi connectivity index (χ4n) is 16.1. The molecule has 2 bridgehead atoms. The highest BCUT2D eigenvalue weighted by Crippen LogP contribution is 2.43. The minimum absolute atomic E-state index is 0.00631. The van der Waals surface area contributed by atoms with Gasteiger partial charge in [-0.05, 0) is 126 Å². The van der Waals surface area contributed by atoms with E-state index in [2.05, 4.69) is 10.6 Å². The molecule has 10 atom stereocenters. The maximum Gasteiger partial charge on any atom is 0.419 e. The van der Waals surface area contributed by atoms with E-state index < -0.39 is 180 Å². The summed E-state index contributed by atoms with van der Waals surface area (Å²) < 4.78 is 53.9. The Morgan fingerprint density at radius 2 is 1.32 bits per heavy atom. The number of amides is 12. The largest absolute Gasteiger partial charge is 0.496 e. The van der Waals surface area contributed by atoms with Crippen LogP contribution in [0, 0.1) is 18.8 Å². The molecule has 26 nitrogen and oxygen atoms in total. The topological polar surface area (TPSA) is 280 Å². The van der Waals surface area contributed by atoms with Gasteiger partial charge in [0.15, 0.2) is 0 Å². The Labute approximate surface area is 627 Å². The lowest BCUT2D eigenvalue weighted by Gasteiger charge is -2.51. The van der Waals surface area contributed by atoms with Crippen molar-refractivity contribution in [1.29, 1.82) is 0 Å². The summed E-state index contributed by atoms with van der Waals surface area (Å²) in [7, 11) is 11.1. The highest BCUT2D eigenvalue weighted by molar-refractivity contribution is 6.01. The summed E-state index contributed by atoms with van der Waals surface area (Å²) in [4.78, 5) is 196. The molecule has 3 saturated heterocycles. The summed E-state index contributed by atoms with van der Waals surface area (Å²) in [5, 5.41) is 5.72. The van der Waals surface area contributed by atoms with Gasteiger partial charge in [0.2, 0.25) is 70.9 Å². The SMILES string of the molecule is CCC[C@H]1C(=O)N[C@@H]([C@@H](C)CC)C(=O)N(C)CC(=O)N(C)[C@H]2C/C=C\CCN(C2=O)[C@@H](Cc2ccc(C)cc2)C(=O)N(C)CC(=O)N[C@@H](CCc2ccc(C(F)(F)F)c(OC)c2)C(=O)N2C[C@H](OCC)C[C@H]2C(=O)N(C)C2(CCC2)C(=O)N(C)[C@@H](C2CCCC2)C(=O)N(C)[C@H](C(=O)N2CCCC2)CC(=O)N1C. The molecular weight excluding hydrogens is 1390 g/mol. The van der Waals surface area contributed by atoms with E-state index in [1.54, 1.807) is 24.8 Å². The first-order valence-electron chi connectivity index (χ1n) is 38.1. The number of hydrogen-bond donors (Lipinski definition) is 2. The Kier molecular flexibility index (Phi) is 29.0. The summed E-state index contributed by atoms with van der Waals surface area (Å²) in [6, 6.07) is 0.217. The average Bonchev–Trinajstić information content (AvgIpc) is 1.69. The molecule has 2 aromatic rings. The zero-order valence-electron chi connectivity index (χ0n) is 64.8. The highest BCUT2D eigenvalue weighted by Gasteiger charge is 2.56. The summed E-state index contributed by atoms with van der Waals surface area (Å²) in [6.07, 6.45) is 2.97. The van der Waals surface area contributed by atoms with Crippen LogP contribution in [0.4, 0.5) is 13.2 Å². The first-order valence-corrected chi connectivity index (χ1v) is 38.1. The van der Waals surface area contributed by atoms with Gasteiger partial charge in [-0.25, -0.2) is 0 Å². The third-order valence-corrected chi connectivity index (χ3v) is 23.1. The van der Waals surface area contributed by atoms with E-state index >= 15 is 33.6 Å². The fraction of sp³-hybridized carbons (Fsp3) is 0.667. The predicted molar refractivity (Wildman–Crippen MR) is 392 cm³/mol. The third kappa shape index (κ3) is 19.5. The zero-order chi connectivity index (χ0) is 78.5. The van der Waals surface area contributed by atoms with Crippen LogP contribution in [0.3, 0.4) is 0 Å². The normalized spacial score (nSPS) is 26.8. The molecule has 0 aromatic heterocycles. The molecule has 1 spiro atoms. The Morgan fingerprint density at radius 3 is 1.93 bits per heavy atom. The molecule has 590 valence electrons. The number of likely N-dealkylation sites (N-methyl/N-ethyl adjacent to an activating group) is 7. The minimum Gasteiger partial charge on any atom is -0.496 e. The van der Waals surface area contributed by atoms with Crippen LogP contribution in [0.2, 0.25) is 0 Å². The number of alkyl halides is 3.